The largest absolute Gasteiger partial charge is 0.478 e. The second-order valence-electron chi connectivity index (χ2n) is 5.56. The quantitative estimate of drug-likeness (QED) is 0.905. The van der Waals surface area contributed by atoms with Crippen LogP contribution < -0.4 is 0 Å². The average Bonchev–Trinajstić information content (AvgIpc) is 2.48. The molecule has 0 fully saturated rings. The predicted molar refractivity (Wildman–Crippen MR) is 85.4 cm³/mol. The number of nitrogens with zero attached hydrogens (tertiary/aromatic N) is 1. The van der Waals surface area contributed by atoms with Crippen LogP contribution in [0.1, 0.15) is 29.8 Å². The van der Waals surface area contributed by atoms with Gasteiger partial charge in [-0.05, 0) is 43.7 Å². The first-order valence-corrected chi connectivity index (χ1v) is 7.11. The lowest BCUT2D eigenvalue weighted by Crippen LogP contribution is -2.25. The summed E-state index contributed by atoms with van der Waals surface area (Å²) in [5.41, 5.74) is 3.25. The van der Waals surface area contributed by atoms with Crippen LogP contribution in [0, 0.1) is 0 Å². The summed E-state index contributed by atoms with van der Waals surface area (Å²) < 4.78 is 0. The van der Waals surface area contributed by atoms with Gasteiger partial charge in [0.25, 0.3) is 0 Å². The van der Waals surface area contributed by atoms with E-state index >= 15 is 0 Å². The smallest absolute Gasteiger partial charge is 0.336 e. The van der Waals surface area contributed by atoms with Gasteiger partial charge in [0.2, 0.25) is 0 Å². The van der Waals surface area contributed by atoms with Crippen molar-refractivity contribution in [1.29, 1.82) is 0 Å². The molecule has 0 saturated carbocycles. The molecule has 3 heteroatoms. The Bertz CT molecular complexity index is 617. The van der Waals surface area contributed by atoms with Crippen LogP contribution in [-0.2, 0) is 6.54 Å². The molecule has 2 aromatic carbocycles. The van der Waals surface area contributed by atoms with E-state index in [9.17, 15) is 9.90 Å². The van der Waals surface area contributed by atoms with E-state index < -0.39 is 5.97 Å². The number of aromatic carboxylic acids is 1. The van der Waals surface area contributed by atoms with Crippen LogP contribution in [0.2, 0.25) is 0 Å². The highest BCUT2D eigenvalue weighted by atomic mass is 16.4. The Morgan fingerprint density at radius 3 is 2.29 bits per heavy atom. The maximum absolute atomic E-state index is 11.3. The Kier molecular flexibility index (Phi) is 4.76. The zero-order valence-electron chi connectivity index (χ0n) is 12.7. The first-order valence-electron chi connectivity index (χ1n) is 7.11. The highest BCUT2D eigenvalue weighted by molar-refractivity contribution is 5.95. The van der Waals surface area contributed by atoms with Gasteiger partial charge >= 0.3 is 5.97 Å². The molecule has 0 aliphatic carbocycles. The number of hydrogen-bond acceptors (Lipinski definition) is 2. The van der Waals surface area contributed by atoms with Crippen molar-refractivity contribution in [2.75, 3.05) is 7.05 Å². The summed E-state index contributed by atoms with van der Waals surface area (Å²) in [6.07, 6.45) is 0. The summed E-state index contributed by atoms with van der Waals surface area (Å²) in [5, 5.41) is 9.25. The Morgan fingerprint density at radius 1 is 1.10 bits per heavy atom. The first-order chi connectivity index (χ1) is 9.99. The highest BCUT2D eigenvalue weighted by Crippen LogP contribution is 2.24. The maximum Gasteiger partial charge on any atom is 0.336 e. The number of hydrogen-bond donors (Lipinski definition) is 1. The van der Waals surface area contributed by atoms with Gasteiger partial charge in [-0.1, -0.05) is 42.5 Å². The molecule has 0 radical (unpaired) electrons. The third kappa shape index (κ3) is 3.70. The summed E-state index contributed by atoms with van der Waals surface area (Å²) in [5.74, 6) is -0.894. The molecule has 0 aromatic heterocycles. The maximum atomic E-state index is 11.3. The van der Waals surface area contributed by atoms with Crippen LogP contribution >= 0.6 is 0 Å². The summed E-state index contributed by atoms with van der Waals surface area (Å²) >= 11 is 0. The predicted octanol–water partition coefficient (Wildman–Crippen LogP) is 3.89. The van der Waals surface area contributed by atoms with Gasteiger partial charge < -0.3 is 5.11 Å². The lowest BCUT2D eigenvalue weighted by Gasteiger charge is -2.21. The van der Waals surface area contributed by atoms with E-state index in [1.165, 1.54) is 5.56 Å². The molecule has 110 valence electrons. The minimum Gasteiger partial charge on any atom is -0.478 e. The summed E-state index contributed by atoms with van der Waals surface area (Å²) in [7, 11) is 2.10. The fourth-order valence-corrected chi connectivity index (χ4v) is 2.18. The van der Waals surface area contributed by atoms with E-state index in [0.29, 0.717) is 11.6 Å². The molecule has 21 heavy (non-hydrogen) atoms. The SMILES string of the molecule is CC(C)N(C)Cc1ccc(-c2ccccc2C(=O)O)cc1. The summed E-state index contributed by atoms with van der Waals surface area (Å²) in [6.45, 7) is 5.22. The molecule has 3 nitrogen and oxygen atoms in total. The molecule has 0 unspecified atom stereocenters. The summed E-state index contributed by atoms with van der Waals surface area (Å²) in [6, 6.07) is 15.7. The van der Waals surface area contributed by atoms with Gasteiger partial charge in [-0.2, -0.15) is 0 Å². The van der Waals surface area contributed by atoms with Gasteiger partial charge in [0.1, 0.15) is 0 Å². The van der Waals surface area contributed by atoms with Crippen LogP contribution in [0.25, 0.3) is 11.1 Å². The number of carboxylic acid groups (broad SMARTS) is 1. The van der Waals surface area contributed by atoms with Crippen LogP contribution in [0.3, 0.4) is 0 Å². The minimum absolute atomic E-state index is 0.338. The lowest BCUT2D eigenvalue weighted by atomic mass is 9.98. The zero-order valence-corrected chi connectivity index (χ0v) is 12.7. The molecule has 0 spiro atoms. The monoisotopic (exact) mass is 283 g/mol. The number of rotatable bonds is 5. The molecule has 0 aliphatic heterocycles. The Labute approximate surface area is 125 Å². The molecule has 2 rings (SSSR count). The fraction of sp³-hybridized carbons (Fsp3) is 0.278. The van der Waals surface area contributed by atoms with Gasteiger partial charge in [0, 0.05) is 12.6 Å². The molecule has 0 atom stereocenters. The molecule has 0 bridgehead atoms. The first kappa shape index (κ1) is 15.3. The number of carboxylic acids is 1. The molecular weight excluding hydrogens is 262 g/mol. The molecule has 2 aromatic rings. The van der Waals surface area contributed by atoms with Crippen LogP contribution in [-0.4, -0.2) is 29.1 Å². The second-order valence-corrected chi connectivity index (χ2v) is 5.56. The molecule has 0 aliphatic rings. The van der Waals surface area contributed by atoms with E-state index in [1.54, 1.807) is 12.1 Å². The van der Waals surface area contributed by atoms with Crippen molar-refractivity contribution in [2.24, 2.45) is 0 Å². The number of carbonyl (C=O) groups is 1. The van der Waals surface area contributed by atoms with Crippen LogP contribution in [0.4, 0.5) is 0 Å². The third-order valence-corrected chi connectivity index (χ3v) is 3.74. The second kappa shape index (κ2) is 6.55. The molecule has 0 saturated heterocycles. The van der Waals surface area contributed by atoms with Crippen molar-refractivity contribution in [1.82, 2.24) is 4.90 Å². The van der Waals surface area contributed by atoms with Crippen molar-refractivity contribution in [3.05, 3.63) is 59.7 Å². The molecule has 0 heterocycles. The normalized spacial score (nSPS) is 11.1. The molecule has 0 amide bonds. The minimum atomic E-state index is -0.894. The van der Waals surface area contributed by atoms with E-state index in [-0.39, 0.29) is 0 Å². The standard InChI is InChI=1S/C18H21NO2/c1-13(2)19(3)12-14-8-10-15(11-9-14)16-6-4-5-7-17(16)18(20)21/h4-11,13H,12H2,1-3H3,(H,20,21). The van der Waals surface area contributed by atoms with E-state index in [2.05, 4.69) is 37.9 Å². The van der Waals surface area contributed by atoms with Crippen LogP contribution in [0.5, 0.6) is 0 Å². The highest BCUT2D eigenvalue weighted by Gasteiger charge is 2.11. The summed E-state index contributed by atoms with van der Waals surface area (Å²) in [4.78, 5) is 13.5. The van der Waals surface area contributed by atoms with Crippen molar-refractivity contribution < 1.29 is 9.90 Å². The molecular formula is C18H21NO2. The van der Waals surface area contributed by atoms with Gasteiger partial charge in [0.05, 0.1) is 5.56 Å². The fourth-order valence-electron chi connectivity index (χ4n) is 2.18. The average molecular weight is 283 g/mol. The van der Waals surface area contributed by atoms with Crippen LogP contribution in [0.15, 0.2) is 48.5 Å². The van der Waals surface area contributed by atoms with Gasteiger partial charge in [-0.25, -0.2) is 4.79 Å². The Hall–Kier alpha value is -2.13. The van der Waals surface area contributed by atoms with Crippen molar-refractivity contribution >= 4 is 5.97 Å². The zero-order chi connectivity index (χ0) is 15.4. The lowest BCUT2D eigenvalue weighted by molar-refractivity contribution is 0.0697. The van der Waals surface area contributed by atoms with Gasteiger partial charge in [0.15, 0.2) is 0 Å². The third-order valence-electron chi connectivity index (χ3n) is 3.74. The number of benzene rings is 2. The van der Waals surface area contributed by atoms with Gasteiger partial charge in [-0.15, -0.1) is 0 Å². The Balaban J connectivity index is 2.26. The van der Waals surface area contributed by atoms with E-state index in [0.717, 1.165) is 17.7 Å². The van der Waals surface area contributed by atoms with E-state index in [4.69, 9.17) is 0 Å². The molecule has 1 N–H and O–H groups in total. The van der Waals surface area contributed by atoms with E-state index in [1.807, 2.05) is 24.3 Å². The van der Waals surface area contributed by atoms with Crippen molar-refractivity contribution in [2.45, 2.75) is 26.4 Å². The van der Waals surface area contributed by atoms with Crippen molar-refractivity contribution in [3.63, 3.8) is 0 Å². The van der Waals surface area contributed by atoms with Gasteiger partial charge in [-0.3, -0.25) is 4.90 Å². The van der Waals surface area contributed by atoms with Crippen molar-refractivity contribution in [3.8, 4) is 11.1 Å². The Morgan fingerprint density at radius 2 is 1.71 bits per heavy atom. The topological polar surface area (TPSA) is 40.5 Å².